The molecule has 5 heteroatoms. The lowest BCUT2D eigenvalue weighted by atomic mass is 10.2. The SMILES string of the molecule is O=C(Nc1ccccc1)c1ccccc1OCC(=O)N1CCc2ccccc21. The summed E-state index contributed by atoms with van der Waals surface area (Å²) < 4.78 is 5.73. The van der Waals surface area contributed by atoms with Crippen LogP contribution in [0, 0.1) is 0 Å². The van der Waals surface area contributed by atoms with E-state index in [0.717, 1.165) is 12.1 Å². The van der Waals surface area contributed by atoms with Crippen LogP contribution in [0.25, 0.3) is 0 Å². The van der Waals surface area contributed by atoms with E-state index in [1.807, 2.05) is 54.6 Å². The number of carbonyl (C=O) groups excluding carboxylic acids is 2. The highest BCUT2D eigenvalue weighted by molar-refractivity contribution is 6.06. The predicted molar refractivity (Wildman–Crippen MR) is 109 cm³/mol. The Labute approximate surface area is 163 Å². The van der Waals surface area contributed by atoms with E-state index in [1.165, 1.54) is 5.56 Å². The first-order valence-corrected chi connectivity index (χ1v) is 9.19. The average Bonchev–Trinajstić information content (AvgIpc) is 3.17. The molecular weight excluding hydrogens is 352 g/mol. The molecular formula is C23H20N2O3. The minimum absolute atomic E-state index is 0.121. The summed E-state index contributed by atoms with van der Waals surface area (Å²) in [6.45, 7) is 0.529. The van der Waals surface area contributed by atoms with Gasteiger partial charge in [-0.05, 0) is 42.3 Å². The maximum Gasteiger partial charge on any atom is 0.264 e. The minimum atomic E-state index is -0.277. The molecule has 0 atom stereocenters. The number of hydrogen-bond donors (Lipinski definition) is 1. The van der Waals surface area contributed by atoms with Crippen LogP contribution in [0.5, 0.6) is 5.75 Å². The van der Waals surface area contributed by atoms with E-state index in [-0.39, 0.29) is 18.4 Å². The van der Waals surface area contributed by atoms with E-state index >= 15 is 0 Å². The Balaban J connectivity index is 1.44. The number of benzene rings is 3. The molecule has 0 unspecified atom stereocenters. The molecule has 1 N–H and O–H groups in total. The monoisotopic (exact) mass is 372 g/mol. The molecule has 0 fully saturated rings. The number of para-hydroxylation sites is 3. The van der Waals surface area contributed by atoms with Gasteiger partial charge in [0.25, 0.3) is 11.8 Å². The lowest BCUT2D eigenvalue weighted by molar-refractivity contribution is -0.120. The highest BCUT2D eigenvalue weighted by Gasteiger charge is 2.24. The van der Waals surface area contributed by atoms with Crippen molar-refractivity contribution in [3.63, 3.8) is 0 Å². The molecule has 0 aliphatic carbocycles. The van der Waals surface area contributed by atoms with E-state index in [2.05, 4.69) is 5.32 Å². The number of rotatable bonds is 5. The standard InChI is InChI=1S/C23H20N2O3/c26-22(25-15-14-17-8-4-6-12-20(17)25)16-28-21-13-7-5-11-19(21)23(27)24-18-9-2-1-3-10-18/h1-13H,14-16H2,(H,24,27). The highest BCUT2D eigenvalue weighted by atomic mass is 16.5. The minimum Gasteiger partial charge on any atom is -0.483 e. The summed E-state index contributed by atoms with van der Waals surface area (Å²) in [6.07, 6.45) is 0.845. The fourth-order valence-corrected chi connectivity index (χ4v) is 3.31. The number of ether oxygens (including phenoxy) is 1. The Morgan fingerprint density at radius 3 is 2.46 bits per heavy atom. The van der Waals surface area contributed by atoms with Crippen LogP contribution in [0.4, 0.5) is 11.4 Å². The lowest BCUT2D eigenvalue weighted by Gasteiger charge is -2.18. The van der Waals surface area contributed by atoms with Crippen molar-refractivity contribution < 1.29 is 14.3 Å². The zero-order valence-corrected chi connectivity index (χ0v) is 15.3. The van der Waals surface area contributed by atoms with E-state index in [4.69, 9.17) is 4.74 Å². The Kier molecular flexibility index (Phi) is 5.06. The Morgan fingerprint density at radius 1 is 0.893 bits per heavy atom. The second-order valence-corrected chi connectivity index (χ2v) is 6.53. The predicted octanol–water partition coefficient (Wildman–Crippen LogP) is 3.91. The summed E-state index contributed by atoms with van der Waals surface area (Å²) in [6, 6.07) is 24.0. The summed E-state index contributed by atoms with van der Waals surface area (Å²) >= 11 is 0. The molecule has 0 radical (unpaired) electrons. The maximum absolute atomic E-state index is 12.7. The van der Waals surface area contributed by atoms with Crippen LogP contribution in [-0.2, 0) is 11.2 Å². The Hall–Kier alpha value is -3.60. The molecule has 5 nitrogen and oxygen atoms in total. The zero-order valence-electron chi connectivity index (χ0n) is 15.3. The van der Waals surface area contributed by atoms with Crippen molar-refractivity contribution in [1.82, 2.24) is 0 Å². The van der Waals surface area contributed by atoms with Gasteiger partial charge in [0.15, 0.2) is 6.61 Å². The third-order valence-corrected chi connectivity index (χ3v) is 4.70. The third-order valence-electron chi connectivity index (χ3n) is 4.70. The summed E-state index contributed by atoms with van der Waals surface area (Å²) in [7, 11) is 0. The Morgan fingerprint density at radius 2 is 1.61 bits per heavy atom. The first kappa shape index (κ1) is 17.8. The molecule has 1 aliphatic rings. The summed E-state index contributed by atoms with van der Waals surface area (Å²) in [5.41, 5.74) is 3.19. The lowest BCUT2D eigenvalue weighted by Crippen LogP contribution is -2.33. The number of carbonyl (C=O) groups is 2. The molecule has 0 spiro atoms. The second kappa shape index (κ2) is 7.96. The van der Waals surface area contributed by atoms with Crippen molar-refractivity contribution >= 4 is 23.2 Å². The van der Waals surface area contributed by atoms with E-state index in [1.54, 1.807) is 29.2 Å². The van der Waals surface area contributed by atoms with Crippen molar-refractivity contribution in [2.24, 2.45) is 0 Å². The van der Waals surface area contributed by atoms with Gasteiger partial charge in [-0.25, -0.2) is 0 Å². The molecule has 1 aliphatic heterocycles. The van der Waals surface area contributed by atoms with Gasteiger partial charge in [-0.15, -0.1) is 0 Å². The van der Waals surface area contributed by atoms with Crippen molar-refractivity contribution in [1.29, 1.82) is 0 Å². The summed E-state index contributed by atoms with van der Waals surface area (Å²) in [5.74, 6) is -0.0132. The summed E-state index contributed by atoms with van der Waals surface area (Å²) in [5, 5.41) is 2.84. The third kappa shape index (κ3) is 3.74. The summed E-state index contributed by atoms with van der Waals surface area (Å²) in [4.78, 5) is 27.0. The highest BCUT2D eigenvalue weighted by Crippen LogP contribution is 2.27. The van der Waals surface area contributed by atoms with E-state index < -0.39 is 0 Å². The van der Waals surface area contributed by atoms with Gasteiger partial charge in [0.2, 0.25) is 0 Å². The van der Waals surface area contributed by atoms with Gasteiger partial charge in [-0.3, -0.25) is 9.59 Å². The fraction of sp³-hybridized carbons (Fsp3) is 0.130. The molecule has 28 heavy (non-hydrogen) atoms. The number of hydrogen-bond acceptors (Lipinski definition) is 3. The molecule has 0 bridgehead atoms. The average molecular weight is 372 g/mol. The number of amides is 2. The van der Waals surface area contributed by atoms with Crippen LogP contribution in [0.15, 0.2) is 78.9 Å². The zero-order chi connectivity index (χ0) is 19.3. The van der Waals surface area contributed by atoms with E-state index in [9.17, 15) is 9.59 Å². The number of fused-ring (bicyclic) bond motifs is 1. The van der Waals surface area contributed by atoms with Gasteiger partial charge < -0.3 is 15.0 Å². The van der Waals surface area contributed by atoms with Crippen LogP contribution < -0.4 is 15.0 Å². The van der Waals surface area contributed by atoms with Gasteiger partial charge in [0, 0.05) is 17.9 Å². The molecule has 140 valence electrons. The molecule has 2 amide bonds. The Bertz CT molecular complexity index is 1000. The normalized spacial score (nSPS) is 12.4. The molecule has 0 aromatic heterocycles. The fourth-order valence-electron chi connectivity index (χ4n) is 3.31. The topological polar surface area (TPSA) is 58.6 Å². The van der Waals surface area contributed by atoms with Crippen molar-refractivity contribution in [2.45, 2.75) is 6.42 Å². The second-order valence-electron chi connectivity index (χ2n) is 6.53. The van der Waals surface area contributed by atoms with Crippen LogP contribution >= 0.6 is 0 Å². The number of nitrogens with one attached hydrogen (secondary N) is 1. The molecule has 0 saturated carbocycles. The molecule has 3 aromatic carbocycles. The quantitative estimate of drug-likeness (QED) is 0.739. The molecule has 1 heterocycles. The number of nitrogens with zero attached hydrogens (tertiary/aromatic N) is 1. The van der Waals surface area contributed by atoms with Crippen molar-refractivity contribution in [3.05, 3.63) is 90.0 Å². The maximum atomic E-state index is 12.7. The van der Waals surface area contributed by atoms with Crippen LogP contribution in [0.3, 0.4) is 0 Å². The van der Waals surface area contributed by atoms with Gasteiger partial charge >= 0.3 is 0 Å². The van der Waals surface area contributed by atoms with Crippen LogP contribution in [0.1, 0.15) is 15.9 Å². The first-order chi connectivity index (χ1) is 13.7. The largest absolute Gasteiger partial charge is 0.483 e. The van der Waals surface area contributed by atoms with Crippen LogP contribution in [0.2, 0.25) is 0 Å². The first-order valence-electron chi connectivity index (χ1n) is 9.19. The van der Waals surface area contributed by atoms with Gasteiger partial charge in [-0.2, -0.15) is 0 Å². The van der Waals surface area contributed by atoms with Crippen LogP contribution in [-0.4, -0.2) is 25.0 Å². The molecule has 4 rings (SSSR count). The van der Waals surface area contributed by atoms with Crippen molar-refractivity contribution in [3.8, 4) is 5.75 Å². The van der Waals surface area contributed by atoms with Gasteiger partial charge in [0.1, 0.15) is 5.75 Å². The van der Waals surface area contributed by atoms with Crippen molar-refractivity contribution in [2.75, 3.05) is 23.4 Å². The number of anilines is 2. The molecule has 0 saturated heterocycles. The van der Waals surface area contributed by atoms with Gasteiger partial charge in [-0.1, -0.05) is 48.5 Å². The molecule has 3 aromatic rings. The smallest absolute Gasteiger partial charge is 0.264 e. The van der Waals surface area contributed by atoms with Gasteiger partial charge in [0.05, 0.1) is 5.56 Å². The van der Waals surface area contributed by atoms with E-state index in [0.29, 0.717) is 23.5 Å².